The maximum Gasteiger partial charge on any atom is 0.294 e. The van der Waals surface area contributed by atoms with Crippen molar-refractivity contribution in [2.24, 2.45) is 0 Å². The van der Waals surface area contributed by atoms with Gasteiger partial charge in [0.05, 0.1) is 9.95 Å². The molecule has 0 fully saturated rings. The van der Waals surface area contributed by atoms with Crippen molar-refractivity contribution in [1.82, 2.24) is 0 Å². The van der Waals surface area contributed by atoms with E-state index in [2.05, 4.69) is 5.32 Å². The fourth-order valence-corrected chi connectivity index (χ4v) is 2.05. The average molecular weight is 313 g/mol. The Labute approximate surface area is 124 Å². The lowest BCUT2D eigenvalue weighted by atomic mass is 10.1. The summed E-state index contributed by atoms with van der Waals surface area (Å²) < 4.78 is 26.7. The zero-order chi connectivity index (χ0) is 15.6. The number of anilines is 1. The Morgan fingerprint density at radius 1 is 1.29 bits per heavy atom. The van der Waals surface area contributed by atoms with Gasteiger partial charge in [-0.05, 0) is 24.6 Å². The minimum atomic E-state index is -0.767. The lowest BCUT2D eigenvalue weighted by Gasteiger charge is -2.16. The molecule has 2 aromatic carbocycles. The molecule has 0 saturated heterocycles. The molecule has 21 heavy (non-hydrogen) atoms. The molecule has 0 bridgehead atoms. The van der Waals surface area contributed by atoms with E-state index in [1.165, 1.54) is 18.2 Å². The number of nitrogens with one attached hydrogen (secondary N) is 1. The van der Waals surface area contributed by atoms with Crippen LogP contribution in [0, 0.1) is 21.7 Å². The second kappa shape index (κ2) is 6.05. The van der Waals surface area contributed by atoms with Crippen LogP contribution >= 0.6 is 11.6 Å². The van der Waals surface area contributed by atoms with Gasteiger partial charge in [0, 0.05) is 18.2 Å². The summed E-state index contributed by atoms with van der Waals surface area (Å²) in [5.74, 6) is -1.19. The van der Waals surface area contributed by atoms with Crippen LogP contribution in [0.15, 0.2) is 36.4 Å². The molecule has 4 nitrogen and oxygen atoms in total. The van der Waals surface area contributed by atoms with Gasteiger partial charge in [-0.1, -0.05) is 23.7 Å². The van der Waals surface area contributed by atoms with Crippen LogP contribution in [0.5, 0.6) is 0 Å². The zero-order valence-corrected chi connectivity index (χ0v) is 11.7. The van der Waals surface area contributed by atoms with Crippen LogP contribution in [0.3, 0.4) is 0 Å². The van der Waals surface area contributed by atoms with E-state index in [0.29, 0.717) is 5.56 Å². The van der Waals surface area contributed by atoms with E-state index in [9.17, 15) is 18.9 Å². The molecule has 0 aliphatic rings. The Kier molecular flexibility index (Phi) is 4.37. The molecule has 0 amide bonds. The molecule has 2 rings (SSSR count). The van der Waals surface area contributed by atoms with Crippen molar-refractivity contribution < 1.29 is 13.7 Å². The summed E-state index contributed by atoms with van der Waals surface area (Å²) in [4.78, 5) is 10.3. The molecule has 2 aromatic rings. The molecule has 7 heteroatoms. The molecule has 1 atom stereocenters. The molecule has 0 aliphatic heterocycles. The third-order valence-corrected chi connectivity index (χ3v) is 3.25. The predicted octanol–water partition coefficient (Wildman–Crippen LogP) is 4.70. The van der Waals surface area contributed by atoms with E-state index < -0.39 is 22.6 Å². The Morgan fingerprint density at radius 3 is 2.62 bits per heavy atom. The highest BCUT2D eigenvalue weighted by Gasteiger charge is 2.19. The van der Waals surface area contributed by atoms with Crippen molar-refractivity contribution in [2.45, 2.75) is 13.0 Å². The lowest BCUT2D eigenvalue weighted by molar-refractivity contribution is -0.384. The maximum absolute atomic E-state index is 13.5. The summed E-state index contributed by atoms with van der Waals surface area (Å²) in [6.07, 6.45) is 0. The second-order valence-electron chi connectivity index (χ2n) is 4.46. The normalized spacial score (nSPS) is 12.0. The van der Waals surface area contributed by atoms with Crippen molar-refractivity contribution >= 4 is 23.0 Å². The Bertz CT molecular complexity index is 695. The van der Waals surface area contributed by atoms with Crippen LogP contribution in [-0.2, 0) is 0 Å². The van der Waals surface area contributed by atoms with E-state index in [-0.39, 0.29) is 16.4 Å². The number of nitro groups is 1. The van der Waals surface area contributed by atoms with Crippen molar-refractivity contribution in [3.8, 4) is 0 Å². The zero-order valence-electron chi connectivity index (χ0n) is 10.9. The summed E-state index contributed by atoms with van der Waals surface area (Å²) in [5, 5.41) is 13.5. The van der Waals surface area contributed by atoms with Gasteiger partial charge in [-0.25, -0.2) is 8.78 Å². The van der Waals surface area contributed by atoms with E-state index in [0.717, 1.165) is 12.1 Å². The largest absolute Gasteiger partial charge is 0.373 e. The summed E-state index contributed by atoms with van der Waals surface area (Å²) >= 11 is 5.55. The lowest BCUT2D eigenvalue weighted by Crippen LogP contribution is -2.09. The fraction of sp³-hybridized carbons (Fsp3) is 0.143. The maximum atomic E-state index is 13.5. The average Bonchev–Trinajstić information content (AvgIpc) is 2.42. The number of nitrogens with zero attached hydrogens (tertiary/aromatic N) is 1. The first-order valence-corrected chi connectivity index (χ1v) is 6.41. The molecule has 110 valence electrons. The Hall–Kier alpha value is -2.21. The van der Waals surface area contributed by atoms with Gasteiger partial charge in [0.15, 0.2) is 0 Å². The van der Waals surface area contributed by atoms with Gasteiger partial charge < -0.3 is 5.32 Å². The quantitative estimate of drug-likeness (QED) is 0.657. The van der Waals surface area contributed by atoms with Crippen LogP contribution in [0.1, 0.15) is 18.5 Å². The molecule has 0 aliphatic carbocycles. The second-order valence-corrected chi connectivity index (χ2v) is 4.87. The van der Waals surface area contributed by atoms with E-state index in [1.807, 2.05) is 0 Å². The van der Waals surface area contributed by atoms with Crippen LogP contribution in [-0.4, -0.2) is 4.92 Å². The summed E-state index contributed by atoms with van der Waals surface area (Å²) in [7, 11) is 0. The molecule has 0 radical (unpaired) electrons. The van der Waals surface area contributed by atoms with Crippen LogP contribution in [0.4, 0.5) is 20.2 Å². The van der Waals surface area contributed by atoms with Crippen LogP contribution in [0.25, 0.3) is 0 Å². The molecule has 0 heterocycles. The first-order valence-electron chi connectivity index (χ1n) is 6.04. The fourth-order valence-electron chi connectivity index (χ4n) is 1.90. The molecule has 1 N–H and O–H groups in total. The van der Waals surface area contributed by atoms with Crippen molar-refractivity contribution in [3.05, 3.63) is 68.7 Å². The number of rotatable bonds is 4. The number of hydrogen-bond acceptors (Lipinski definition) is 3. The smallest absolute Gasteiger partial charge is 0.294 e. The first kappa shape index (κ1) is 15.2. The van der Waals surface area contributed by atoms with Gasteiger partial charge in [-0.15, -0.1) is 0 Å². The van der Waals surface area contributed by atoms with Gasteiger partial charge >= 0.3 is 0 Å². The minimum Gasteiger partial charge on any atom is -0.373 e. The highest BCUT2D eigenvalue weighted by molar-refractivity contribution is 6.31. The van der Waals surface area contributed by atoms with Gasteiger partial charge in [-0.2, -0.15) is 0 Å². The highest BCUT2D eigenvalue weighted by Crippen LogP contribution is 2.32. The monoisotopic (exact) mass is 312 g/mol. The third-order valence-electron chi connectivity index (χ3n) is 2.96. The van der Waals surface area contributed by atoms with Gasteiger partial charge in [0.2, 0.25) is 0 Å². The van der Waals surface area contributed by atoms with E-state index in [4.69, 9.17) is 11.6 Å². The van der Waals surface area contributed by atoms with Crippen LogP contribution in [0.2, 0.25) is 5.02 Å². The van der Waals surface area contributed by atoms with E-state index in [1.54, 1.807) is 13.0 Å². The van der Waals surface area contributed by atoms with Gasteiger partial charge in [0.1, 0.15) is 17.3 Å². The number of nitro benzene ring substituents is 1. The number of hydrogen-bond donors (Lipinski definition) is 1. The van der Waals surface area contributed by atoms with Crippen molar-refractivity contribution in [3.63, 3.8) is 0 Å². The summed E-state index contributed by atoms with van der Waals surface area (Å²) in [6, 6.07) is 7.24. The topological polar surface area (TPSA) is 55.2 Å². The minimum absolute atomic E-state index is 0.0151. The predicted molar refractivity (Wildman–Crippen MR) is 76.5 cm³/mol. The van der Waals surface area contributed by atoms with Gasteiger partial charge in [0.25, 0.3) is 5.69 Å². The van der Waals surface area contributed by atoms with E-state index >= 15 is 0 Å². The molecule has 0 saturated carbocycles. The SMILES string of the molecule is CC(Nc1cc(F)c(Cl)cc1[N+](=O)[O-])c1cccc(F)c1. The molecular weight excluding hydrogens is 302 g/mol. The standard InChI is InChI=1S/C14H11ClF2N2O2/c1-8(9-3-2-4-10(16)5-9)18-13-7-12(17)11(15)6-14(13)19(20)21/h2-8,18H,1H3. The third kappa shape index (κ3) is 3.46. The first-order chi connectivity index (χ1) is 9.88. The number of halogens is 3. The van der Waals surface area contributed by atoms with Crippen molar-refractivity contribution in [2.75, 3.05) is 5.32 Å². The van der Waals surface area contributed by atoms with Crippen molar-refractivity contribution in [1.29, 1.82) is 0 Å². The molecule has 0 spiro atoms. The molecular formula is C14H11ClF2N2O2. The summed E-state index contributed by atoms with van der Waals surface area (Å²) in [6.45, 7) is 1.69. The van der Waals surface area contributed by atoms with Crippen LogP contribution < -0.4 is 5.32 Å². The Balaban J connectivity index is 2.34. The molecule has 0 aromatic heterocycles. The highest BCUT2D eigenvalue weighted by atomic mass is 35.5. The summed E-state index contributed by atoms with van der Waals surface area (Å²) in [5.41, 5.74) is 0.225. The Morgan fingerprint density at radius 2 is 2.00 bits per heavy atom. The number of benzene rings is 2. The van der Waals surface area contributed by atoms with Gasteiger partial charge in [-0.3, -0.25) is 10.1 Å². The molecule has 1 unspecified atom stereocenters.